The van der Waals surface area contributed by atoms with E-state index in [0.717, 1.165) is 5.39 Å². The number of nitrogens with two attached hydrogens (primary N) is 1. The van der Waals surface area contributed by atoms with E-state index in [1.165, 1.54) is 18.1 Å². The molecule has 0 aliphatic carbocycles. The highest BCUT2D eigenvalue weighted by Gasteiger charge is 2.14. The van der Waals surface area contributed by atoms with Gasteiger partial charge in [-0.25, -0.2) is 19.4 Å². The minimum atomic E-state index is -0.616. The van der Waals surface area contributed by atoms with Gasteiger partial charge in [0.1, 0.15) is 6.33 Å². The zero-order chi connectivity index (χ0) is 14.1. The molecule has 0 bridgehead atoms. The Labute approximate surface area is 113 Å². The van der Waals surface area contributed by atoms with Crippen LogP contribution in [-0.2, 0) is 4.74 Å². The molecule has 3 aromatic rings. The van der Waals surface area contributed by atoms with Gasteiger partial charge in [0, 0.05) is 5.39 Å². The Morgan fingerprint density at radius 1 is 1.30 bits per heavy atom. The van der Waals surface area contributed by atoms with E-state index in [-0.39, 0.29) is 11.8 Å². The van der Waals surface area contributed by atoms with Gasteiger partial charge < -0.3 is 10.5 Å². The maximum Gasteiger partial charge on any atom is 0.377 e. The molecule has 0 atom stereocenters. The van der Waals surface area contributed by atoms with Gasteiger partial charge in [0.15, 0.2) is 5.82 Å². The maximum atomic E-state index is 11.4. The van der Waals surface area contributed by atoms with Crippen molar-refractivity contribution in [2.24, 2.45) is 0 Å². The molecule has 100 valence electrons. The molecule has 2 heterocycles. The van der Waals surface area contributed by atoms with Crippen LogP contribution in [0.2, 0.25) is 0 Å². The van der Waals surface area contributed by atoms with Gasteiger partial charge in [0.2, 0.25) is 5.95 Å². The normalized spacial score (nSPS) is 10.7. The lowest BCUT2D eigenvalue weighted by Gasteiger charge is -2.05. The second kappa shape index (κ2) is 4.57. The molecule has 0 aliphatic rings. The fraction of sp³-hybridized carbons (Fsp3) is 0.0833. The topological polar surface area (TPSA) is 109 Å². The summed E-state index contributed by atoms with van der Waals surface area (Å²) in [5.74, 6) is -0.0894. The van der Waals surface area contributed by atoms with Crippen molar-refractivity contribution in [2.45, 2.75) is 0 Å². The monoisotopic (exact) mass is 270 g/mol. The number of para-hydroxylation sites is 1. The summed E-state index contributed by atoms with van der Waals surface area (Å²) in [4.78, 5) is 23.5. The molecule has 0 saturated carbocycles. The van der Waals surface area contributed by atoms with Crippen molar-refractivity contribution in [1.82, 2.24) is 24.7 Å². The lowest BCUT2D eigenvalue weighted by molar-refractivity contribution is 0.0587. The van der Waals surface area contributed by atoms with Crippen molar-refractivity contribution in [1.29, 1.82) is 0 Å². The highest BCUT2D eigenvalue weighted by Crippen LogP contribution is 2.19. The summed E-state index contributed by atoms with van der Waals surface area (Å²) in [6.45, 7) is 0. The van der Waals surface area contributed by atoms with Gasteiger partial charge in [-0.2, -0.15) is 4.98 Å². The Morgan fingerprint density at radius 2 is 2.10 bits per heavy atom. The van der Waals surface area contributed by atoms with E-state index in [1.807, 2.05) is 24.3 Å². The van der Waals surface area contributed by atoms with Crippen LogP contribution in [0.25, 0.3) is 16.7 Å². The van der Waals surface area contributed by atoms with Crippen molar-refractivity contribution in [2.75, 3.05) is 12.8 Å². The Bertz CT molecular complexity index is 797. The molecule has 1 aromatic carbocycles. The highest BCUT2D eigenvalue weighted by molar-refractivity contribution is 5.87. The van der Waals surface area contributed by atoms with Crippen LogP contribution in [0.3, 0.4) is 0 Å². The molecule has 2 N–H and O–H groups in total. The number of nitrogen functional groups attached to an aromatic ring is 1. The van der Waals surface area contributed by atoms with E-state index >= 15 is 0 Å². The molecule has 0 fully saturated rings. The number of aromatic nitrogens is 5. The van der Waals surface area contributed by atoms with Crippen molar-refractivity contribution >= 4 is 22.8 Å². The van der Waals surface area contributed by atoms with Crippen molar-refractivity contribution in [3.63, 3.8) is 0 Å². The maximum absolute atomic E-state index is 11.4. The Hall–Kier alpha value is -3.03. The number of rotatable bonds is 2. The second-order valence-corrected chi connectivity index (χ2v) is 3.93. The number of nitrogens with zero attached hydrogens (tertiary/aromatic N) is 5. The molecule has 2 aromatic heterocycles. The first kappa shape index (κ1) is 12.0. The smallest absolute Gasteiger partial charge is 0.377 e. The number of anilines is 1. The van der Waals surface area contributed by atoms with Gasteiger partial charge >= 0.3 is 5.97 Å². The molecular formula is C12H10N6O2. The fourth-order valence-corrected chi connectivity index (χ4v) is 1.80. The molecule has 8 heteroatoms. The van der Waals surface area contributed by atoms with E-state index in [4.69, 9.17) is 5.73 Å². The van der Waals surface area contributed by atoms with Crippen molar-refractivity contribution in [3.8, 4) is 5.82 Å². The first-order valence-electron chi connectivity index (χ1n) is 5.71. The summed E-state index contributed by atoms with van der Waals surface area (Å²) in [5, 5.41) is 4.78. The van der Waals surface area contributed by atoms with Crippen LogP contribution in [0.15, 0.2) is 30.6 Å². The summed E-state index contributed by atoms with van der Waals surface area (Å²) in [6, 6.07) is 7.35. The van der Waals surface area contributed by atoms with E-state index in [1.54, 1.807) is 0 Å². The van der Waals surface area contributed by atoms with Gasteiger partial charge in [-0.15, -0.1) is 5.10 Å². The summed E-state index contributed by atoms with van der Waals surface area (Å²) < 4.78 is 5.93. The molecule has 3 rings (SSSR count). The summed E-state index contributed by atoms with van der Waals surface area (Å²) >= 11 is 0. The van der Waals surface area contributed by atoms with Crippen molar-refractivity contribution < 1.29 is 9.53 Å². The summed E-state index contributed by atoms with van der Waals surface area (Å²) in [6.07, 6.45) is 1.38. The number of esters is 1. The second-order valence-electron chi connectivity index (χ2n) is 3.93. The fourth-order valence-electron chi connectivity index (χ4n) is 1.80. The minimum absolute atomic E-state index is 0.0474. The number of hydrogen-bond donors (Lipinski definition) is 1. The average Bonchev–Trinajstić information content (AvgIpc) is 2.95. The van der Waals surface area contributed by atoms with Crippen LogP contribution in [0, 0.1) is 0 Å². The molecule has 8 nitrogen and oxygen atoms in total. The van der Waals surface area contributed by atoms with Gasteiger partial charge in [-0.3, -0.25) is 0 Å². The van der Waals surface area contributed by atoms with Crippen LogP contribution >= 0.6 is 0 Å². The van der Waals surface area contributed by atoms with Gasteiger partial charge in [-0.1, -0.05) is 12.1 Å². The standard InChI is InChI=1S/C12H10N6O2/c1-20-11(19)9-14-6-18(17-9)10-7-4-2-3-5-8(7)15-12(13)16-10/h2-6H,1H3,(H2,13,15,16). The molecule has 20 heavy (non-hydrogen) atoms. The predicted octanol–water partition coefficient (Wildman–Crippen LogP) is 0.579. The van der Waals surface area contributed by atoms with Crippen LogP contribution in [0.4, 0.5) is 5.95 Å². The Balaban J connectivity index is 2.19. The largest absolute Gasteiger partial charge is 0.463 e. The lowest BCUT2D eigenvalue weighted by Crippen LogP contribution is -2.07. The van der Waals surface area contributed by atoms with Crippen LogP contribution in [0.5, 0.6) is 0 Å². The average molecular weight is 270 g/mol. The quantitative estimate of drug-likeness (QED) is 0.678. The molecule has 0 spiro atoms. The number of carbonyl (C=O) groups is 1. The van der Waals surface area contributed by atoms with E-state index in [0.29, 0.717) is 11.3 Å². The SMILES string of the molecule is COC(=O)c1ncn(-c2nc(N)nc3ccccc23)n1. The molecule has 0 radical (unpaired) electrons. The molecule has 0 amide bonds. The third kappa shape index (κ3) is 1.92. The minimum Gasteiger partial charge on any atom is -0.463 e. The van der Waals surface area contributed by atoms with E-state index < -0.39 is 5.97 Å². The summed E-state index contributed by atoms with van der Waals surface area (Å²) in [5.41, 5.74) is 6.36. The molecule has 0 saturated heterocycles. The number of carbonyl (C=O) groups excluding carboxylic acids is 1. The van der Waals surface area contributed by atoms with Gasteiger partial charge in [0.25, 0.3) is 5.82 Å². The lowest BCUT2D eigenvalue weighted by atomic mass is 10.2. The van der Waals surface area contributed by atoms with Crippen LogP contribution in [-0.4, -0.2) is 37.8 Å². The number of fused-ring (bicyclic) bond motifs is 1. The summed E-state index contributed by atoms with van der Waals surface area (Å²) in [7, 11) is 1.26. The zero-order valence-corrected chi connectivity index (χ0v) is 10.5. The van der Waals surface area contributed by atoms with Crippen molar-refractivity contribution in [3.05, 3.63) is 36.4 Å². The number of benzene rings is 1. The Morgan fingerprint density at radius 3 is 2.90 bits per heavy atom. The first-order valence-corrected chi connectivity index (χ1v) is 5.71. The highest BCUT2D eigenvalue weighted by atomic mass is 16.5. The van der Waals surface area contributed by atoms with Crippen LogP contribution in [0.1, 0.15) is 10.6 Å². The van der Waals surface area contributed by atoms with E-state index in [2.05, 4.69) is 24.8 Å². The van der Waals surface area contributed by atoms with Crippen LogP contribution < -0.4 is 5.73 Å². The molecule has 0 unspecified atom stereocenters. The zero-order valence-electron chi connectivity index (χ0n) is 10.5. The molecule has 0 aliphatic heterocycles. The Kier molecular flexibility index (Phi) is 2.75. The van der Waals surface area contributed by atoms with Gasteiger partial charge in [0.05, 0.1) is 12.6 Å². The number of methoxy groups -OCH3 is 1. The van der Waals surface area contributed by atoms with E-state index in [9.17, 15) is 4.79 Å². The third-order valence-corrected chi connectivity index (χ3v) is 2.68. The number of ether oxygens (including phenoxy) is 1. The first-order chi connectivity index (χ1) is 9.69. The third-order valence-electron chi connectivity index (χ3n) is 2.68. The molecular weight excluding hydrogens is 260 g/mol. The van der Waals surface area contributed by atoms with Gasteiger partial charge in [-0.05, 0) is 12.1 Å². The number of hydrogen-bond acceptors (Lipinski definition) is 7. The predicted molar refractivity (Wildman–Crippen MR) is 70.2 cm³/mol.